The number of hydrogen-bond donors (Lipinski definition) is 1. The van der Waals surface area contributed by atoms with Gasteiger partial charge < -0.3 is 4.42 Å². The van der Waals surface area contributed by atoms with Crippen molar-refractivity contribution in [2.24, 2.45) is 7.05 Å². The highest BCUT2D eigenvalue weighted by atomic mass is 35.5. The Morgan fingerprint density at radius 3 is 2.70 bits per heavy atom. The molecular formula is C17H14ClF2N7OS2. The number of aromatic amines is 1. The summed E-state index contributed by atoms with van der Waals surface area (Å²) in [6.45, 7) is 0. The quantitative estimate of drug-likeness (QED) is 0.292. The number of rotatable bonds is 8. The van der Waals surface area contributed by atoms with Crippen LogP contribution in [0.4, 0.5) is 8.78 Å². The summed E-state index contributed by atoms with van der Waals surface area (Å²) in [6.07, 6.45) is -1.29. The molecule has 0 unspecified atom stereocenters. The van der Waals surface area contributed by atoms with E-state index in [-0.39, 0.29) is 17.1 Å². The predicted molar refractivity (Wildman–Crippen MR) is 110 cm³/mol. The monoisotopic (exact) mass is 469 g/mol. The Hall–Kier alpha value is -2.44. The van der Waals surface area contributed by atoms with Gasteiger partial charge in [-0.05, 0) is 24.3 Å². The number of thioether (sulfide) groups is 2. The molecule has 0 saturated carbocycles. The van der Waals surface area contributed by atoms with E-state index in [1.54, 1.807) is 19.2 Å². The zero-order valence-corrected chi connectivity index (χ0v) is 17.8. The van der Waals surface area contributed by atoms with Gasteiger partial charge in [0, 0.05) is 35.3 Å². The minimum Gasteiger partial charge on any atom is -0.411 e. The van der Waals surface area contributed by atoms with E-state index in [1.165, 1.54) is 34.4 Å². The molecule has 3 heterocycles. The van der Waals surface area contributed by atoms with Crippen LogP contribution in [0.5, 0.6) is 0 Å². The van der Waals surface area contributed by atoms with Crippen LogP contribution in [0, 0.1) is 0 Å². The molecule has 156 valence electrons. The van der Waals surface area contributed by atoms with Gasteiger partial charge in [0.15, 0.2) is 5.82 Å². The maximum absolute atomic E-state index is 13.1. The number of nitrogens with one attached hydrogen (secondary N) is 1. The number of hydrogen-bond acceptors (Lipinski definition) is 8. The summed E-state index contributed by atoms with van der Waals surface area (Å²) < 4.78 is 32.9. The first-order chi connectivity index (χ1) is 14.5. The number of halogens is 3. The molecule has 0 aliphatic rings. The number of aromatic nitrogens is 7. The summed E-state index contributed by atoms with van der Waals surface area (Å²) in [4.78, 5) is 4.44. The summed E-state index contributed by atoms with van der Waals surface area (Å²) in [5.74, 6) is 2.02. The van der Waals surface area contributed by atoms with Crippen molar-refractivity contribution in [2.45, 2.75) is 16.8 Å². The first-order valence-corrected chi connectivity index (χ1v) is 10.9. The van der Waals surface area contributed by atoms with Crippen molar-refractivity contribution in [3.8, 4) is 22.8 Å². The van der Waals surface area contributed by atoms with Gasteiger partial charge in [-0.3, -0.25) is 9.78 Å². The van der Waals surface area contributed by atoms with E-state index >= 15 is 0 Å². The third-order valence-electron chi connectivity index (χ3n) is 3.82. The lowest BCUT2D eigenvalue weighted by Crippen LogP contribution is -1.91. The molecule has 1 aromatic carbocycles. The van der Waals surface area contributed by atoms with Crippen LogP contribution in [0.15, 0.2) is 45.3 Å². The molecular weight excluding hydrogens is 456 g/mol. The Morgan fingerprint density at radius 1 is 1.17 bits per heavy atom. The topological polar surface area (TPSA) is 98.3 Å². The van der Waals surface area contributed by atoms with E-state index in [2.05, 4.69) is 30.5 Å². The molecule has 4 aromatic rings. The Morgan fingerprint density at radius 2 is 1.93 bits per heavy atom. The second kappa shape index (κ2) is 9.14. The van der Waals surface area contributed by atoms with Gasteiger partial charge in [0.05, 0.1) is 5.56 Å². The molecule has 8 nitrogen and oxygen atoms in total. The van der Waals surface area contributed by atoms with Crippen molar-refractivity contribution in [3.05, 3.63) is 41.2 Å². The van der Waals surface area contributed by atoms with Crippen LogP contribution in [0.25, 0.3) is 22.8 Å². The Bertz CT molecular complexity index is 1130. The van der Waals surface area contributed by atoms with E-state index in [0.717, 1.165) is 5.56 Å². The number of alkyl halides is 2. The lowest BCUT2D eigenvalue weighted by atomic mass is 10.2. The molecule has 0 fully saturated rings. The largest absolute Gasteiger partial charge is 0.411 e. The minimum atomic E-state index is -2.72. The maximum atomic E-state index is 13.1. The average Bonchev–Trinajstić information content (AvgIpc) is 3.45. The molecule has 0 aliphatic carbocycles. The fourth-order valence-electron chi connectivity index (χ4n) is 2.52. The molecule has 13 heteroatoms. The first-order valence-electron chi connectivity index (χ1n) is 8.59. The molecule has 3 aromatic heterocycles. The number of benzene rings is 1. The Labute approximate surface area is 182 Å². The van der Waals surface area contributed by atoms with Gasteiger partial charge in [-0.25, -0.2) is 13.8 Å². The van der Waals surface area contributed by atoms with E-state index < -0.39 is 6.43 Å². The standard InChI is InChI=1S/C17H14ClF2N7OS2/c1-27-8-11(12(26-27)13(19)20)15-23-25-17(28-15)30-7-6-29-16-21-14(22-24-16)9-2-4-10(18)5-3-9/h2-5,8,13H,6-7H2,1H3,(H,21,22,24). The van der Waals surface area contributed by atoms with Crippen molar-refractivity contribution in [2.75, 3.05) is 11.5 Å². The van der Waals surface area contributed by atoms with Gasteiger partial charge in [-0.2, -0.15) is 5.10 Å². The van der Waals surface area contributed by atoms with Crippen LogP contribution >= 0.6 is 35.1 Å². The number of aryl methyl sites for hydroxylation is 1. The molecule has 1 N–H and O–H groups in total. The SMILES string of the molecule is Cn1cc(-c2nnc(SCCSc3n[nH]c(-c4ccc(Cl)cc4)n3)o2)c(C(F)F)n1. The van der Waals surface area contributed by atoms with Crippen molar-refractivity contribution in [1.82, 2.24) is 35.2 Å². The van der Waals surface area contributed by atoms with Gasteiger partial charge in [-0.1, -0.05) is 35.1 Å². The predicted octanol–water partition coefficient (Wildman–Crippen LogP) is 4.73. The summed E-state index contributed by atoms with van der Waals surface area (Å²) in [6, 6.07) is 7.30. The van der Waals surface area contributed by atoms with Crippen LogP contribution in [0.3, 0.4) is 0 Å². The van der Waals surface area contributed by atoms with E-state index in [0.29, 0.717) is 32.7 Å². The molecule has 4 rings (SSSR count). The van der Waals surface area contributed by atoms with Crippen LogP contribution in [0.1, 0.15) is 12.1 Å². The lowest BCUT2D eigenvalue weighted by Gasteiger charge is -1.96. The third-order valence-corrected chi connectivity index (χ3v) is 6.00. The van der Waals surface area contributed by atoms with E-state index in [4.69, 9.17) is 16.0 Å². The smallest absolute Gasteiger partial charge is 0.282 e. The van der Waals surface area contributed by atoms with Gasteiger partial charge >= 0.3 is 0 Å². The zero-order chi connectivity index (χ0) is 21.1. The van der Waals surface area contributed by atoms with Crippen LogP contribution < -0.4 is 0 Å². The summed E-state index contributed by atoms with van der Waals surface area (Å²) in [5, 5.41) is 20.1. The molecule has 0 radical (unpaired) electrons. The summed E-state index contributed by atoms with van der Waals surface area (Å²) in [7, 11) is 1.56. The highest BCUT2D eigenvalue weighted by molar-refractivity contribution is 8.02. The molecule has 30 heavy (non-hydrogen) atoms. The van der Waals surface area contributed by atoms with Crippen LogP contribution in [-0.2, 0) is 7.05 Å². The third kappa shape index (κ3) is 4.82. The van der Waals surface area contributed by atoms with Gasteiger partial charge in [0.25, 0.3) is 17.5 Å². The second-order valence-electron chi connectivity index (χ2n) is 5.95. The van der Waals surface area contributed by atoms with Gasteiger partial charge in [-0.15, -0.1) is 15.3 Å². The zero-order valence-electron chi connectivity index (χ0n) is 15.4. The minimum absolute atomic E-state index is 0.0233. The normalized spacial score (nSPS) is 11.5. The first kappa shape index (κ1) is 20.8. The molecule has 0 bridgehead atoms. The Kier molecular flexibility index (Phi) is 6.35. The number of H-pyrrole nitrogens is 1. The fourth-order valence-corrected chi connectivity index (χ4v) is 4.17. The van der Waals surface area contributed by atoms with Crippen molar-refractivity contribution in [1.29, 1.82) is 0 Å². The molecule has 0 aliphatic heterocycles. The summed E-state index contributed by atoms with van der Waals surface area (Å²) >= 11 is 8.68. The molecule has 0 spiro atoms. The highest BCUT2D eigenvalue weighted by Gasteiger charge is 2.22. The molecule has 0 atom stereocenters. The van der Waals surface area contributed by atoms with Crippen molar-refractivity contribution < 1.29 is 13.2 Å². The summed E-state index contributed by atoms with van der Waals surface area (Å²) in [5.41, 5.74) is 0.649. The average molecular weight is 470 g/mol. The maximum Gasteiger partial charge on any atom is 0.282 e. The van der Waals surface area contributed by atoms with Crippen molar-refractivity contribution >= 4 is 35.1 Å². The van der Waals surface area contributed by atoms with Gasteiger partial charge in [0.1, 0.15) is 5.69 Å². The highest BCUT2D eigenvalue weighted by Crippen LogP contribution is 2.31. The van der Waals surface area contributed by atoms with Crippen LogP contribution in [-0.4, -0.2) is 46.7 Å². The fraction of sp³-hybridized carbons (Fsp3) is 0.235. The molecule has 0 amide bonds. The van der Waals surface area contributed by atoms with Crippen molar-refractivity contribution in [3.63, 3.8) is 0 Å². The lowest BCUT2D eigenvalue weighted by molar-refractivity contribution is 0.145. The second-order valence-corrected chi connectivity index (χ2v) is 8.49. The number of nitrogens with zero attached hydrogens (tertiary/aromatic N) is 6. The van der Waals surface area contributed by atoms with E-state index in [1.807, 2.05) is 12.1 Å². The van der Waals surface area contributed by atoms with Gasteiger partial charge in [0.2, 0.25) is 5.16 Å². The Balaban J connectivity index is 1.30. The van der Waals surface area contributed by atoms with E-state index in [9.17, 15) is 8.78 Å². The van der Waals surface area contributed by atoms with Crippen LogP contribution in [0.2, 0.25) is 5.02 Å². The molecule has 0 saturated heterocycles.